The summed E-state index contributed by atoms with van der Waals surface area (Å²) in [5.74, 6) is 0.807. The van der Waals surface area contributed by atoms with Gasteiger partial charge in [-0.3, -0.25) is 10.00 Å². The normalized spacial score (nSPS) is 13.9. The van der Waals surface area contributed by atoms with Crippen molar-refractivity contribution in [3.63, 3.8) is 0 Å². The molecule has 1 aliphatic heterocycles. The number of aromatic amines is 1. The van der Waals surface area contributed by atoms with E-state index in [1.807, 2.05) is 24.5 Å². The molecular formula is C12H15N5O2. The third-order valence-electron chi connectivity index (χ3n) is 3.36. The van der Waals surface area contributed by atoms with Crippen LogP contribution in [0.25, 0.3) is 11.5 Å². The number of amides is 1. The van der Waals surface area contributed by atoms with Crippen LogP contribution in [0, 0.1) is 6.92 Å². The Bertz CT molecular complexity index is 643. The Morgan fingerprint density at radius 3 is 2.89 bits per heavy atom. The van der Waals surface area contributed by atoms with Gasteiger partial charge in [0.1, 0.15) is 5.69 Å². The zero-order valence-corrected chi connectivity index (χ0v) is 10.8. The van der Waals surface area contributed by atoms with Gasteiger partial charge in [0.25, 0.3) is 0 Å². The smallest absolute Gasteiger partial charge is 0.408 e. The summed E-state index contributed by atoms with van der Waals surface area (Å²) in [4.78, 5) is 16.9. The van der Waals surface area contributed by atoms with Crippen molar-refractivity contribution in [3.05, 3.63) is 23.1 Å². The summed E-state index contributed by atoms with van der Waals surface area (Å²) in [5, 5.41) is 16.2. The zero-order valence-electron chi connectivity index (χ0n) is 10.8. The summed E-state index contributed by atoms with van der Waals surface area (Å²) in [5.41, 5.74) is 3.59. The van der Waals surface area contributed by atoms with Crippen molar-refractivity contribution in [1.29, 1.82) is 0 Å². The van der Waals surface area contributed by atoms with Crippen molar-refractivity contribution < 1.29 is 9.90 Å². The molecule has 0 saturated heterocycles. The van der Waals surface area contributed by atoms with E-state index in [1.165, 1.54) is 4.90 Å². The Labute approximate surface area is 109 Å². The fourth-order valence-electron chi connectivity index (χ4n) is 2.46. The van der Waals surface area contributed by atoms with Gasteiger partial charge in [0.15, 0.2) is 5.82 Å². The Balaban J connectivity index is 2.02. The third kappa shape index (κ3) is 1.78. The Morgan fingerprint density at radius 2 is 2.32 bits per heavy atom. The summed E-state index contributed by atoms with van der Waals surface area (Å²) in [6, 6.07) is 1.94. The molecule has 0 radical (unpaired) electrons. The van der Waals surface area contributed by atoms with E-state index in [-0.39, 0.29) is 0 Å². The first-order chi connectivity index (χ1) is 9.10. The number of nitrogens with zero attached hydrogens (tertiary/aromatic N) is 4. The number of fused-ring (bicyclic) bond motifs is 1. The van der Waals surface area contributed by atoms with Crippen LogP contribution in [0.1, 0.15) is 24.0 Å². The molecule has 3 heterocycles. The maximum absolute atomic E-state index is 11.0. The molecule has 100 valence electrons. The summed E-state index contributed by atoms with van der Waals surface area (Å²) >= 11 is 0. The predicted octanol–water partition coefficient (Wildman–Crippen LogP) is 1.60. The maximum Gasteiger partial charge on any atom is 0.408 e. The van der Waals surface area contributed by atoms with Crippen LogP contribution >= 0.6 is 0 Å². The lowest BCUT2D eigenvalue weighted by Crippen LogP contribution is -2.24. The van der Waals surface area contributed by atoms with E-state index in [1.54, 1.807) is 0 Å². The number of hydrogen-bond donors (Lipinski definition) is 2. The van der Waals surface area contributed by atoms with Crippen molar-refractivity contribution in [2.24, 2.45) is 0 Å². The molecule has 0 spiro atoms. The monoisotopic (exact) mass is 261 g/mol. The van der Waals surface area contributed by atoms with E-state index in [4.69, 9.17) is 5.11 Å². The SMILES string of the molecule is CCn1c(-c2cc(C)[nH]n2)nc2c1CN(C(=O)O)C2. The third-order valence-corrected chi connectivity index (χ3v) is 3.36. The molecule has 7 nitrogen and oxygen atoms in total. The molecule has 0 atom stereocenters. The predicted molar refractivity (Wildman–Crippen MR) is 67.5 cm³/mol. The van der Waals surface area contributed by atoms with Gasteiger partial charge in [-0.15, -0.1) is 0 Å². The second-order valence-electron chi connectivity index (χ2n) is 4.65. The van der Waals surface area contributed by atoms with Crippen molar-refractivity contribution in [2.45, 2.75) is 33.5 Å². The number of hydrogen-bond acceptors (Lipinski definition) is 3. The molecule has 2 aromatic heterocycles. The summed E-state index contributed by atoms with van der Waals surface area (Å²) < 4.78 is 2.04. The highest BCUT2D eigenvalue weighted by Gasteiger charge is 2.29. The number of nitrogens with one attached hydrogen (secondary N) is 1. The molecule has 3 rings (SSSR count). The second kappa shape index (κ2) is 4.11. The average molecular weight is 261 g/mol. The van der Waals surface area contributed by atoms with E-state index in [9.17, 15) is 4.79 Å². The highest BCUT2D eigenvalue weighted by Crippen LogP contribution is 2.28. The lowest BCUT2D eigenvalue weighted by Gasteiger charge is -2.12. The van der Waals surface area contributed by atoms with Crippen LogP contribution in [0.15, 0.2) is 6.07 Å². The topological polar surface area (TPSA) is 87.0 Å². The van der Waals surface area contributed by atoms with Gasteiger partial charge in [-0.2, -0.15) is 5.10 Å². The minimum Gasteiger partial charge on any atom is -0.465 e. The molecule has 0 aromatic carbocycles. The molecule has 7 heteroatoms. The van der Waals surface area contributed by atoms with Crippen LogP contribution in [0.5, 0.6) is 0 Å². The number of rotatable bonds is 2. The zero-order chi connectivity index (χ0) is 13.6. The van der Waals surface area contributed by atoms with Crippen LogP contribution in [0.4, 0.5) is 4.79 Å². The minimum atomic E-state index is -0.905. The first kappa shape index (κ1) is 11.8. The van der Waals surface area contributed by atoms with Gasteiger partial charge < -0.3 is 9.67 Å². The van der Waals surface area contributed by atoms with E-state index in [0.717, 1.165) is 35.1 Å². The lowest BCUT2D eigenvalue weighted by atomic mass is 10.3. The number of aromatic nitrogens is 4. The highest BCUT2D eigenvalue weighted by atomic mass is 16.4. The maximum atomic E-state index is 11.0. The average Bonchev–Trinajstić information content (AvgIpc) is 3.00. The molecule has 1 aliphatic rings. The number of carboxylic acid groups (broad SMARTS) is 1. The lowest BCUT2D eigenvalue weighted by molar-refractivity contribution is 0.144. The van der Waals surface area contributed by atoms with Gasteiger partial charge in [-0.05, 0) is 19.9 Å². The number of aryl methyl sites for hydroxylation is 1. The quantitative estimate of drug-likeness (QED) is 0.859. The Morgan fingerprint density at radius 1 is 1.53 bits per heavy atom. The minimum absolute atomic E-state index is 0.355. The fourth-order valence-corrected chi connectivity index (χ4v) is 2.46. The molecule has 0 fully saturated rings. The van der Waals surface area contributed by atoms with Crippen LogP contribution in [-0.4, -0.2) is 35.8 Å². The Kier molecular flexibility index (Phi) is 2.55. The van der Waals surface area contributed by atoms with Gasteiger partial charge in [0.2, 0.25) is 0 Å². The van der Waals surface area contributed by atoms with Crippen LogP contribution in [-0.2, 0) is 19.6 Å². The van der Waals surface area contributed by atoms with Crippen molar-refractivity contribution in [2.75, 3.05) is 0 Å². The first-order valence-corrected chi connectivity index (χ1v) is 6.18. The largest absolute Gasteiger partial charge is 0.465 e. The van der Waals surface area contributed by atoms with Crippen LogP contribution in [0.2, 0.25) is 0 Å². The van der Waals surface area contributed by atoms with Crippen LogP contribution in [0.3, 0.4) is 0 Å². The summed E-state index contributed by atoms with van der Waals surface area (Å²) in [6.07, 6.45) is -0.905. The van der Waals surface area contributed by atoms with E-state index < -0.39 is 6.09 Å². The summed E-state index contributed by atoms with van der Waals surface area (Å²) in [7, 11) is 0. The number of imidazole rings is 1. The molecule has 2 N–H and O–H groups in total. The van der Waals surface area contributed by atoms with Crippen molar-refractivity contribution in [3.8, 4) is 11.5 Å². The van der Waals surface area contributed by atoms with Gasteiger partial charge in [-0.25, -0.2) is 9.78 Å². The van der Waals surface area contributed by atoms with Gasteiger partial charge >= 0.3 is 6.09 Å². The molecule has 2 aromatic rings. The highest BCUT2D eigenvalue weighted by molar-refractivity contribution is 5.66. The van der Waals surface area contributed by atoms with Gasteiger partial charge in [-0.1, -0.05) is 0 Å². The molecule has 1 amide bonds. The van der Waals surface area contributed by atoms with E-state index >= 15 is 0 Å². The molecule has 0 saturated carbocycles. The van der Waals surface area contributed by atoms with Gasteiger partial charge in [0, 0.05) is 12.2 Å². The first-order valence-electron chi connectivity index (χ1n) is 6.18. The fraction of sp³-hybridized carbons (Fsp3) is 0.417. The van der Waals surface area contributed by atoms with E-state index in [2.05, 4.69) is 15.2 Å². The van der Waals surface area contributed by atoms with Gasteiger partial charge in [0.05, 0.1) is 24.5 Å². The molecule has 0 unspecified atom stereocenters. The number of carbonyl (C=O) groups is 1. The van der Waals surface area contributed by atoms with E-state index in [0.29, 0.717) is 13.1 Å². The van der Waals surface area contributed by atoms with Crippen molar-refractivity contribution in [1.82, 2.24) is 24.6 Å². The second-order valence-corrected chi connectivity index (χ2v) is 4.65. The number of H-pyrrole nitrogens is 1. The standard InChI is InChI=1S/C12H15N5O2/c1-3-17-10-6-16(12(18)19)5-9(10)13-11(17)8-4-7(2)14-15-8/h4H,3,5-6H2,1-2H3,(H,14,15)(H,18,19). The Hall–Kier alpha value is -2.31. The molecular weight excluding hydrogens is 246 g/mol. The molecule has 19 heavy (non-hydrogen) atoms. The molecule has 0 bridgehead atoms. The van der Waals surface area contributed by atoms with Crippen LogP contribution < -0.4 is 0 Å². The summed E-state index contributed by atoms with van der Waals surface area (Å²) in [6.45, 7) is 5.46. The van der Waals surface area contributed by atoms with Crippen molar-refractivity contribution >= 4 is 6.09 Å². The molecule has 0 aliphatic carbocycles.